The van der Waals surface area contributed by atoms with E-state index < -0.39 is 12.2 Å². The summed E-state index contributed by atoms with van der Waals surface area (Å²) in [5.41, 5.74) is 1.12. The number of aliphatic hydroxyl groups is 1. The molecule has 0 aliphatic carbocycles. The number of hydrogen-bond acceptors (Lipinski definition) is 4. The lowest BCUT2D eigenvalue weighted by molar-refractivity contribution is -0.0981. The number of allylic oxidation sites excluding steroid dienone is 2. The number of hydrogen-bond donors (Lipinski definition) is 1. The van der Waals surface area contributed by atoms with E-state index in [1.807, 2.05) is 42.5 Å². The quantitative estimate of drug-likeness (QED) is 0.368. The summed E-state index contributed by atoms with van der Waals surface area (Å²) in [6.45, 7) is 1.14. The van der Waals surface area contributed by atoms with Crippen molar-refractivity contribution in [3.05, 3.63) is 59.1 Å². The zero-order valence-corrected chi connectivity index (χ0v) is 14.3. The molecule has 4 nitrogen and oxygen atoms in total. The molecule has 1 N–H and O–H groups in total. The van der Waals surface area contributed by atoms with Gasteiger partial charge in [0, 0.05) is 13.7 Å². The Kier molecular flexibility index (Phi) is 10.9. The van der Waals surface area contributed by atoms with Crippen LogP contribution in [0.15, 0.2) is 53.5 Å². The number of rotatable bonds is 11. The molecule has 2 atom stereocenters. The molecule has 0 saturated heterocycles. The molecule has 1 aromatic carbocycles. The van der Waals surface area contributed by atoms with Crippen LogP contribution in [0.25, 0.3) is 0 Å². The number of methoxy groups -OCH3 is 1. The van der Waals surface area contributed by atoms with Crippen LogP contribution in [-0.2, 0) is 20.8 Å². The van der Waals surface area contributed by atoms with Crippen molar-refractivity contribution in [1.82, 2.24) is 0 Å². The summed E-state index contributed by atoms with van der Waals surface area (Å²) in [7, 11) is 1.55. The van der Waals surface area contributed by atoms with E-state index in [1.165, 1.54) is 0 Å². The zero-order chi connectivity index (χ0) is 16.0. The van der Waals surface area contributed by atoms with Crippen molar-refractivity contribution in [2.24, 2.45) is 0 Å². The fourth-order valence-electron chi connectivity index (χ4n) is 1.79. The lowest BCUT2D eigenvalue weighted by atomic mass is 10.1. The van der Waals surface area contributed by atoms with Gasteiger partial charge in [-0.25, -0.2) is 0 Å². The predicted octanol–water partition coefficient (Wildman–Crippen LogP) is 3.41. The fraction of sp³-hybridized carbons (Fsp3) is 0.412. The van der Waals surface area contributed by atoms with Crippen LogP contribution in [0.2, 0.25) is 0 Å². The summed E-state index contributed by atoms with van der Waals surface area (Å²) >= 11 is 3.18. The molecule has 0 amide bonds. The number of benzene rings is 1. The lowest BCUT2D eigenvalue weighted by Crippen LogP contribution is -2.29. The van der Waals surface area contributed by atoms with Crippen LogP contribution in [0.3, 0.4) is 0 Å². The van der Waals surface area contributed by atoms with Gasteiger partial charge < -0.3 is 19.3 Å². The van der Waals surface area contributed by atoms with E-state index in [9.17, 15) is 5.11 Å². The summed E-state index contributed by atoms with van der Waals surface area (Å²) in [5, 5.41) is 10.2. The van der Waals surface area contributed by atoms with Crippen LogP contribution in [0.4, 0.5) is 0 Å². The second-order valence-corrected chi connectivity index (χ2v) is 5.16. The smallest absolute Gasteiger partial charge is 0.147 e. The van der Waals surface area contributed by atoms with Gasteiger partial charge in [-0.3, -0.25) is 0 Å². The van der Waals surface area contributed by atoms with E-state index in [-0.39, 0.29) is 6.79 Å². The molecular weight excluding hydrogens is 348 g/mol. The number of ether oxygens (including phenoxy) is 3. The topological polar surface area (TPSA) is 47.9 Å². The molecule has 1 rings (SSSR count). The summed E-state index contributed by atoms with van der Waals surface area (Å²) in [5.74, 6) is 0. The third-order valence-electron chi connectivity index (χ3n) is 2.91. The summed E-state index contributed by atoms with van der Waals surface area (Å²) in [6, 6.07) is 9.94. The van der Waals surface area contributed by atoms with Crippen molar-refractivity contribution in [1.29, 1.82) is 0 Å². The van der Waals surface area contributed by atoms with Crippen LogP contribution >= 0.6 is 15.9 Å². The summed E-state index contributed by atoms with van der Waals surface area (Å²) in [6.07, 6.45) is 4.82. The van der Waals surface area contributed by atoms with Gasteiger partial charge in [0.2, 0.25) is 0 Å². The normalized spacial score (nSPS) is 14.7. The van der Waals surface area contributed by atoms with Crippen molar-refractivity contribution >= 4 is 15.9 Å². The highest BCUT2D eigenvalue weighted by Crippen LogP contribution is 2.08. The van der Waals surface area contributed by atoms with Crippen LogP contribution < -0.4 is 0 Å². The van der Waals surface area contributed by atoms with Gasteiger partial charge in [-0.1, -0.05) is 64.5 Å². The molecule has 5 heteroatoms. The molecule has 0 aliphatic rings. The van der Waals surface area contributed by atoms with Gasteiger partial charge in [0.05, 0.1) is 12.7 Å². The van der Waals surface area contributed by atoms with Gasteiger partial charge in [-0.15, -0.1) is 0 Å². The van der Waals surface area contributed by atoms with Crippen LogP contribution in [0, 0.1) is 0 Å². The molecule has 0 heterocycles. The molecule has 0 saturated carbocycles. The first-order valence-corrected chi connectivity index (χ1v) is 8.03. The van der Waals surface area contributed by atoms with Crippen molar-refractivity contribution in [2.75, 3.05) is 20.5 Å². The minimum absolute atomic E-state index is 0.134. The molecule has 0 bridgehead atoms. The van der Waals surface area contributed by atoms with Gasteiger partial charge in [-0.2, -0.15) is 0 Å². The molecule has 0 radical (unpaired) electrons. The van der Waals surface area contributed by atoms with Crippen molar-refractivity contribution in [2.45, 2.75) is 25.2 Å². The van der Waals surface area contributed by atoms with Gasteiger partial charge in [0.15, 0.2) is 0 Å². The summed E-state index contributed by atoms with van der Waals surface area (Å²) < 4.78 is 15.9. The third-order valence-corrected chi connectivity index (χ3v) is 3.22. The largest absolute Gasteiger partial charge is 0.390 e. The van der Waals surface area contributed by atoms with Crippen molar-refractivity contribution < 1.29 is 19.3 Å². The summed E-state index contributed by atoms with van der Waals surface area (Å²) in [4.78, 5) is 1.73. The molecule has 122 valence electrons. The van der Waals surface area contributed by atoms with E-state index in [2.05, 4.69) is 15.9 Å². The minimum Gasteiger partial charge on any atom is -0.390 e. The fourth-order valence-corrected chi connectivity index (χ4v) is 1.97. The monoisotopic (exact) mass is 370 g/mol. The Labute approximate surface area is 140 Å². The van der Waals surface area contributed by atoms with Gasteiger partial charge in [0.25, 0.3) is 0 Å². The molecular formula is C17H23BrO4. The van der Waals surface area contributed by atoms with E-state index in [0.29, 0.717) is 19.6 Å². The number of halogens is 1. The Balaban J connectivity index is 2.33. The second-order valence-electron chi connectivity index (χ2n) is 4.64. The highest BCUT2D eigenvalue weighted by Gasteiger charge is 2.16. The maximum atomic E-state index is 10.2. The van der Waals surface area contributed by atoms with Gasteiger partial charge in [0.1, 0.15) is 12.9 Å². The van der Waals surface area contributed by atoms with Crippen LogP contribution in [-0.4, -0.2) is 37.8 Å². The maximum absolute atomic E-state index is 10.2. The Morgan fingerprint density at radius 3 is 2.68 bits per heavy atom. The maximum Gasteiger partial charge on any atom is 0.147 e. The Hall–Kier alpha value is -0.980. The average molecular weight is 371 g/mol. The first-order chi connectivity index (χ1) is 10.8. The molecule has 0 spiro atoms. The second kappa shape index (κ2) is 12.6. The Morgan fingerprint density at radius 2 is 2.00 bits per heavy atom. The highest BCUT2D eigenvalue weighted by atomic mass is 79.9. The average Bonchev–Trinajstić information content (AvgIpc) is 2.55. The van der Waals surface area contributed by atoms with Crippen molar-refractivity contribution in [3.8, 4) is 0 Å². The number of aliphatic hydroxyl groups excluding tert-OH is 1. The SMILES string of the molecule is COCO[C@@H](/C=C\C=C/Br)[C@@H](O)CCOCc1ccccc1. The van der Waals surface area contributed by atoms with E-state index >= 15 is 0 Å². The predicted molar refractivity (Wildman–Crippen MR) is 90.7 cm³/mol. The first-order valence-electron chi connectivity index (χ1n) is 7.11. The minimum atomic E-state index is -0.647. The highest BCUT2D eigenvalue weighted by molar-refractivity contribution is 9.11. The Bertz CT molecular complexity index is 434. The van der Waals surface area contributed by atoms with E-state index in [4.69, 9.17) is 14.2 Å². The molecule has 0 aliphatic heterocycles. The standard InChI is InChI=1S/C17H23BrO4/c1-20-14-22-17(9-5-6-11-18)16(19)10-12-21-13-15-7-3-2-4-8-15/h2-9,11,16-17,19H,10,12-14H2,1H3/b9-5-,11-6-/t16-,17-/m0/s1. The molecule has 0 aromatic heterocycles. The molecule has 22 heavy (non-hydrogen) atoms. The molecule has 0 fully saturated rings. The third kappa shape index (κ3) is 8.46. The van der Waals surface area contributed by atoms with Crippen LogP contribution in [0.5, 0.6) is 0 Å². The van der Waals surface area contributed by atoms with Crippen molar-refractivity contribution in [3.63, 3.8) is 0 Å². The first kappa shape index (κ1) is 19.1. The molecule has 0 unspecified atom stereocenters. The van der Waals surface area contributed by atoms with Gasteiger partial charge in [-0.05, 0) is 17.0 Å². The Morgan fingerprint density at radius 1 is 1.23 bits per heavy atom. The lowest BCUT2D eigenvalue weighted by Gasteiger charge is -2.20. The van der Waals surface area contributed by atoms with Crippen LogP contribution in [0.1, 0.15) is 12.0 Å². The molecule has 1 aromatic rings. The van der Waals surface area contributed by atoms with E-state index in [1.54, 1.807) is 18.2 Å². The van der Waals surface area contributed by atoms with E-state index in [0.717, 1.165) is 5.56 Å². The van der Waals surface area contributed by atoms with Gasteiger partial charge >= 0.3 is 0 Å². The zero-order valence-electron chi connectivity index (χ0n) is 12.7.